The van der Waals surface area contributed by atoms with Crippen molar-refractivity contribution in [2.45, 2.75) is 42.9 Å². The minimum absolute atomic E-state index is 0.451. The number of hydrogen-bond acceptors (Lipinski definition) is 2. The molecule has 20 heavy (non-hydrogen) atoms. The normalized spacial score (nSPS) is 23.4. The third-order valence-electron chi connectivity index (χ3n) is 4.14. The van der Waals surface area contributed by atoms with E-state index in [1.165, 1.54) is 25.7 Å². The summed E-state index contributed by atoms with van der Waals surface area (Å²) < 4.78 is 2.33. The van der Waals surface area contributed by atoms with Gasteiger partial charge in [0.25, 0.3) is 0 Å². The van der Waals surface area contributed by atoms with Crippen LogP contribution in [-0.4, -0.2) is 21.1 Å². The van der Waals surface area contributed by atoms with Gasteiger partial charge in [0.15, 0.2) is 0 Å². The highest BCUT2D eigenvalue weighted by Gasteiger charge is 2.25. The van der Waals surface area contributed by atoms with Gasteiger partial charge in [-0.15, -0.1) is 11.6 Å². The van der Waals surface area contributed by atoms with Gasteiger partial charge in [0.1, 0.15) is 5.82 Å². The Hall–Kier alpha value is -0.380. The number of alkyl halides is 1. The molecule has 0 bridgehead atoms. The molecule has 1 aromatic carbocycles. The number of thioether (sulfide) groups is 1. The highest BCUT2D eigenvalue weighted by Crippen LogP contribution is 2.37. The minimum atomic E-state index is 0.451. The number of aromatic nitrogens is 2. The largest absolute Gasteiger partial charge is 0.324 e. The summed E-state index contributed by atoms with van der Waals surface area (Å²) in [6.45, 7) is 0. The fourth-order valence-electron chi connectivity index (χ4n) is 3.19. The van der Waals surface area contributed by atoms with E-state index in [-0.39, 0.29) is 0 Å². The minimum Gasteiger partial charge on any atom is -0.324 e. The zero-order valence-electron chi connectivity index (χ0n) is 11.5. The van der Waals surface area contributed by atoms with Crippen LogP contribution in [0.15, 0.2) is 18.2 Å². The van der Waals surface area contributed by atoms with Gasteiger partial charge in [-0.3, -0.25) is 0 Å². The maximum Gasteiger partial charge on any atom is 0.125 e. The second-order valence-electron chi connectivity index (χ2n) is 5.34. The molecule has 1 saturated carbocycles. The van der Waals surface area contributed by atoms with Crippen molar-refractivity contribution >= 4 is 46.0 Å². The molecule has 2 unspecified atom stereocenters. The van der Waals surface area contributed by atoms with Gasteiger partial charge in [0.2, 0.25) is 0 Å². The topological polar surface area (TPSA) is 17.8 Å². The molecule has 0 saturated heterocycles. The van der Waals surface area contributed by atoms with E-state index in [1.807, 2.05) is 30.0 Å². The summed E-state index contributed by atoms with van der Waals surface area (Å²) in [6, 6.07) is 6.39. The van der Waals surface area contributed by atoms with Crippen molar-refractivity contribution in [3.05, 3.63) is 29.0 Å². The second kappa shape index (κ2) is 6.17. The molecule has 2 aromatic rings. The van der Waals surface area contributed by atoms with Crippen LogP contribution in [0, 0.1) is 0 Å². The van der Waals surface area contributed by atoms with Crippen LogP contribution < -0.4 is 0 Å². The summed E-state index contributed by atoms with van der Waals surface area (Å²) in [5, 5.41) is 1.51. The Morgan fingerprint density at radius 2 is 2.25 bits per heavy atom. The van der Waals surface area contributed by atoms with E-state index in [1.54, 1.807) is 0 Å². The highest BCUT2D eigenvalue weighted by molar-refractivity contribution is 7.99. The van der Waals surface area contributed by atoms with Crippen molar-refractivity contribution in [3.63, 3.8) is 0 Å². The molecular formula is C15H18Cl2N2S. The molecule has 0 amide bonds. The maximum atomic E-state index is 6.16. The summed E-state index contributed by atoms with van der Waals surface area (Å²) in [7, 11) is 0. The van der Waals surface area contributed by atoms with Crippen LogP contribution >= 0.6 is 35.0 Å². The van der Waals surface area contributed by atoms with Crippen LogP contribution in [0.25, 0.3) is 11.0 Å². The third-order valence-corrected chi connectivity index (χ3v) is 5.71. The van der Waals surface area contributed by atoms with Gasteiger partial charge in [0, 0.05) is 16.3 Å². The summed E-state index contributed by atoms with van der Waals surface area (Å²) in [5.41, 5.74) is 2.12. The molecule has 0 spiro atoms. The molecule has 3 rings (SSSR count). The first-order valence-electron chi connectivity index (χ1n) is 6.98. The van der Waals surface area contributed by atoms with E-state index in [9.17, 15) is 0 Å². The van der Waals surface area contributed by atoms with Crippen LogP contribution in [0.2, 0.25) is 5.02 Å². The monoisotopic (exact) mass is 328 g/mol. The van der Waals surface area contributed by atoms with Crippen molar-refractivity contribution in [2.24, 2.45) is 0 Å². The van der Waals surface area contributed by atoms with Crippen LogP contribution in [0.4, 0.5) is 0 Å². The first-order valence-corrected chi connectivity index (χ1v) is 9.18. The summed E-state index contributed by atoms with van der Waals surface area (Å²) in [5.74, 6) is 1.42. The number of fused-ring (bicyclic) bond motifs is 1. The van der Waals surface area contributed by atoms with Crippen molar-refractivity contribution in [3.8, 4) is 0 Å². The second-order valence-corrected chi connectivity index (χ2v) is 7.18. The first kappa shape index (κ1) is 14.6. The van der Waals surface area contributed by atoms with E-state index in [0.29, 0.717) is 11.9 Å². The molecule has 108 valence electrons. The van der Waals surface area contributed by atoms with Crippen molar-refractivity contribution < 1.29 is 0 Å². The Balaban J connectivity index is 2.06. The molecule has 1 heterocycles. The van der Waals surface area contributed by atoms with E-state index in [0.717, 1.165) is 27.1 Å². The lowest BCUT2D eigenvalue weighted by Crippen LogP contribution is -2.21. The molecule has 1 aromatic heterocycles. The smallest absolute Gasteiger partial charge is 0.125 e. The maximum absolute atomic E-state index is 6.16. The Morgan fingerprint density at radius 1 is 1.40 bits per heavy atom. The number of nitrogens with zero attached hydrogens (tertiary/aromatic N) is 2. The van der Waals surface area contributed by atoms with Gasteiger partial charge in [-0.25, -0.2) is 4.98 Å². The number of rotatable bonds is 3. The average Bonchev–Trinajstić information content (AvgIpc) is 2.85. The van der Waals surface area contributed by atoms with Gasteiger partial charge in [-0.2, -0.15) is 11.8 Å². The van der Waals surface area contributed by atoms with E-state index in [4.69, 9.17) is 23.2 Å². The number of benzene rings is 1. The van der Waals surface area contributed by atoms with Gasteiger partial charge >= 0.3 is 0 Å². The molecular weight excluding hydrogens is 311 g/mol. The fraction of sp³-hybridized carbons (Fsp3) is 0.533. The third kappa shape index (κ3) is 2.68. The van der Waals surface area contributed by atoms with Crippen molar-refractivity contribution in [1.82, 2.24) is 9.55 Å². The van der Waals surface area contributed by atoms with E-state index >= 15 is 0 Å². The van der Waals surface area contributed by atoms with Gasteiger partial charge in [0.05, 0.1) is 16.9 Å². The Morgan fingerprint density at radius 3 is 3.00 bits per heavy atom. The van der Waals surface area contributed by atoms with Gasteiger partial charge in [-0.05, 0) is 43.7 Å². The van der Waals surface area contributed by atoms with Crippen molar-refractivity contribution in [2.75, 3.05) is 6.26 Å². The first-order chi connectivity index (χ1) is 9.72. The number of imidazole rings is 1. The van der Waals surface area contributed by atoms with Gasteiger partial charge in [-0.1, -0.05) is 18.0 Å². The molecule has 0 radical (unpaired) electrons. The van der Waals surface area contributed by atoms with Gasteiger partial charge < -0.3 is 4.57 Å². The molecule has 0 N–H and O–H groups in total. The lowest BCUT2D eigenvalue weighted by molar-refractivity contribution is 0.362. The predicted octanol–water partition coefficient (Wildman–Crippen LogP) is 5.28. The standard InChI is InChI=1S/C15H18Cl2N2S/c1-20-12-4-2-3-11(8-12)19-14-7-10(17)5-6-13(14)18-15(19)9-16/h5-7,11-12H,2-4,8-9H2,1H3. The SMILES string of the molecule is CSC1CCCC(n2c(CCl)nc3ccc(Cl)cc32)C1. The summed E-state index contributed by atoms with van der Waals surface area (Å²) >= 11 is 14.2. The molecule has 1 aliphatic rings. The quantitative estimate of drug-likeness (QED) is 0.714. The van der Waals surface area contributed by atoms with E-state index < -0.39 is 0 Å². The van der Waals surface area contributed by atoms with Crippen LogP contribution in [-0.2, 0) is 5.88 Å². The van der Waals surface area contributed by atoms with Crippen LogP contribution in [0.3, 0.4) is 0 Å². The molecule has 1 aliphatic carbocycles. The zero-order chi connectivity index (χ0) is 14.1. The van der Waals surface area contributed by atoms with Crippen molar-refractivity contribution in [1.29, 1.82) is 0 Å². The lowest BCUT2D eigenvalue weighted by atomic mass is 9.94. The molecule has 1 fully saturated rings. The zero-order valence-corrected chi connectivity index (χ0v) is 13.8. The average molecular weight is 329 g/mol. The fourth-order valence-corrected chi connectivity index (χ4v) is 4.36. The Bertz CT molecular complexity index is 611. The summed E-state index contributed by atoms with van der Waals surface area (Å²) in [4.78, 5) is 4.66. The molecule has 0 aliphatic heterocycles. The highest BCUT2D eigenvalue weighted by atomic mass is 35.5. The summed E-state index contributed by atoms with van der Waals surface area (Å²) in [6.07, 6.45) is 7.21. The molecule has 2 atom stereocenters. The number of hydrogen-bond donors (Lipinski definition) is 0. The lowest BCUT2D eigenvalue weighted by Gasteiger charge is -2.30. The van der Waals surface area contributed by atoms with E-state index in [2.05, 4.69) is 15.8 Å². The number of halogens is 2. The predicted molar refractivity (Wildman–Crippen MR) is 89.1 cm³/mol. The Kier molecular flexibility index (Phi) is 4.49. The van der Waals surface area contributed by atoms with Crippen LogP contribution in [0.5, 0.6) is 0 Å². The molecule has 5 heteroatoms. The molecule has 2 nitrogen and oxygen atoms in total. The van der Waals surface area contributed by atoms with Crippen LogP contribution in [0.1, 0.15) is 37.5 Å². The Labute approximate surface area is 133 Å².